The molecule has 2 aromatic heterocycles. The lowest BCUT2D eigenvalue weighted by Gasteiger charge is -2.08. The molecule has 0 radical (unpaired) electrons. The number of aryl methyl sites for hydroxylation is 1. The molecule has 0 aromatic carbocycles. The first-order valence-corrected chi connectivity index (χ1v) is 6.52. The van der Waals surface area contributed by atoms with Gasteiger partial charge in [0.15, 0.2) is 0 Å². The van der Waals surface area contributed by atoms with Crippen molar-refractivity contribution in [1.82, 2.24) is 15.3 Å². The van der Waals surface area contributed by atoms with Gasteiger partial charge < -0.3 is 10.4 Å². The summed E-state index contributed by atoms with van der Waals surface area (Å²) in [6, 6.07) is 7.29. The molecule has 0 unspecified atom stereocenters. The zero-order valence-corrected chi connectivity index (χ0v) is 11.3. The van der Waals surface area contributed by atoms with Gasteiger partial charge in [0.2, 0.25) is 0 Å². The van der Waals surface area contributed by atoms with E-state index in [4.69, 9.17) is 5.11 Å². The van der Waals surface area contributed by atoms with Gasteiger partial charge >= 0.3 is 5.97 Å². The summed E-state index contributed by atoms with van der Waals surface area (Å²) in [5.41, 5.74) is 3.28. The molecule has 2 N–H and O–H groups in total. The lowest BCUT2D eigenvalue weighted by atomic mass is 10.1. The first-order chi connectivity index (χ1) is 9.70. The highest BCUT2D eigenvalue weighted by Crippen LogP contribution is 2.06. The Morgan fingerprint density at radius 3 is 2.75 bits per heavy atom. The Labute approximate surface area is 117 Å². The van der Waals surface area contributed by atoms with E-state index in [1.165, 1.54) is 11.8 Å². The van der Waals surface area contributed by atoms with Crippen molar-refractivity contribution in [2.75, 3.05) is 0 Å². The van der Waals surface area contributed by atoms with E-state index in [0.717, 1.165) is 17.8 Å². The summed E-state index contributed by atoms with van der Waals surface area (Å²) in [5.74, 6) is -0.960. The summed E-state index contributed by atoms with van der Waals surface area (Å²) < 4.78 is 0. The molecule has 5 heteroatoms. The number of rotatable bonds is 6. The van der Waals surface area contributed by atoms with Crippen LogP contribution in [0.2, 0.25) is 0 Å². The van der Waals surface area contributed by atoms with Crippen LogP contribution in [0.4, 0.5) is 0 Å². The molecule has 0 aliphatic carbocycles. The molecule has 20 heavy (non-hydrogen) atoms. The predicted octanol–water partition coefficient (Wildman–Crippen LogP) is 2.03. The summed E-state index contributed by atoms with van der Waals surface area (Å²) in [7, 11) is 0. The third-order valence-electron chi connectivity index (χ3n) is 3.04. The van der Waals surface area contributed by atoms with Crippen LogP contribution in [0.25, 0.3) is 0 Å². The fraction of sp³-hybridized carbons (Fsp3) is 0.267. The number of carboxylic acid groups (broad SMARTS) is 1. The van der Waals surface area contributed by atoms with Gasteiger partial charge in [-0.1, -0.05) is 13.0 Å². The minimum Gasteiger partial charge on any atom is -0.478 e. The molecular weight excluding hydrogens is 254 g/mol. The molecule has 0 bridgehead atoms. The number of carbonyl (C=O) groups is 1. The lowest BCUT2D eigenvalue weighted by molar-refractivity contribution is 0.0696. The first kappa shape index (κ1) is 14.1. The standard InChI is InChI=1S/C15H17N3O2/c1-2-11-4-3-7-17-14(11)10-16-9-13-6-5-12(8-18-13)15(19)20/h3-8,16H,2,9-10H2,1H3,(H,19,20). The van der Waals surface area contributed by atoms with Gasteiger partial charge in [-0.2, -0.15) is 0 Å². The van der Waals surface area contributed by atoms with Crippen molar-refractivity contribution in [1.29, 1.82) is 0 Å². The van der Waals surface area contributed by atoms with Crippen LogP contribution < -0.4 is 5.32 Å². The SMILES string of the molecule is CCc1cccnc1CNCc1ccc(C(=O)O)cn1. The fourth-order valence-corrected chi connectivity index (χ4v) is 1.92. The first-order valence-electron chi connectivity index (χ1n) is 6.52. The van der Waals surface area contributed by atoms with Gasteiger partial charge in [0.05, 0.1) is 17.0 Å². The average molecular weight is 271 g/mol. The molecule has 2 rings (SSSR count). The second kappa shape index (κ2) is 6.77. The van der Waals surface area contributed by atoms with Gasteiger partial charge in [0.1, 0.15) is 0 Å². The highest BCUT2D eigenvalue weighted by Gasteiger charge is 2.04. The van der Waals surface area contributed by atoms with E-state index in [1.807, 2.05) is 6.07 Å². The number of aromatic nitrogens is 2. The maximum Gasteiger partial charge on any atom is 0.337 e. The van der Waals surface area contributed by atoms with Gasteiger partial charge in [0.25, 0.3) is 0 Å². The highest BCUT2D eigenvalue weighted by molar-refractivity contribution is 5.87. The van der Waals surface area contributed by atoms with Crippen molar-refractivity contribution in [3.63, 3.8) is 0 Å². The number of aromatic carboxylic acids is 1. The molecule has 0 aliphatic heterocycles. The van der Waals surface area contributed by atoms with Crippen LogP contribution >= 0.6 is 0 Å². The van der Waals surface area contributed by atoms with Crippen LogP contribution in [0.5, 0.6) is 0 Å². The maximum atomic E-state index is 10.7. The molecule has 2 aromatic rings. The molecule has 0 spiro atoms. The zero-order valence-electron chi connectivity index (χ0n) is 11.3. The van der Waals surface area contributed by atoms with Crippen molar-refractivity contribution < 1.29 is 9.90 Å². The molecule has 104 valence electrons. The molecule has 5 nitrogen and oxygen atoms in total. The van der Waals surface area contributed by atoms with E-state index < -0.39 is 5.97 Å². The average Bonchev–Trinajstić information content (AvgIpc) is 2.48. The van der Waals surface area contributed by atoms with E-state index in [9.17, 15) is 4.79 Å². The fourth-order valence-electron chi connectivity index (χ4n) is 1.92. The summed E-state index contributed by atoms with van der Waals surface area (Å²) in [5, 5.41) is 12.1. The summed E-state index contributed by atoms with van der Waals surface area (Å²) in [6.45, 7) is 3.36. The van der Waals surface area contributed by atoms with E-state index in [0.29, 0.717) is 13.1 Å². The zero-order chi connectivity index (χ0) is 14.4. The van der Waals surface area contributed by atoms with E-state index in [1.54, 1.807) is 18.3 Å². The lowest BCUT2D eigenvalue weighted by Crippen LogP contribution is -2.16. The Hall–Kier alpha value is -2.27. The van der Waals surface area contributed by atoms with E-state index in [2.05, 4.69) is 28.3 Å². The molecule has 0 saturated carbocycles. The van der Waals surface area contributed by atoms with Crippen molar-refractivity contribution in [2.45, 2.75) is 26.4 Å². The number of carboxylic acids is 1. The van der Waals surface area contributed by atoms with Crippen LogP contribution in [-0.4, -0.2) is 21.0 Å². The van der Waals surface area contributed by atoms with Gasteiger partial charge in [0, 0.05) is 25.5 Å². The second-order valence-electron chi connectivity index (χ2n) is 4.41. The minimum absolute atomic E-state index is 0.201. The molecular formula is C15H17N3O2. The van der Waals surface area contributed by atoms with Crippen LogP contribution in [0.3, 0.4) is 0 Å². The quantitative estimate of drug-likeness (QED) is 0.840. The summed E-state index contributed by atoms with van der Waals surface area (Å²) >= 11 is 0. The minimum atomic E-state index is -0.960. The Morgan fingerprint density at radius 1 is 1.25 bits per heavy atom. The van der Waals surface area contributed by atoms with Crippen LogP contribution in [0.15, 0.2) is 36.7 Å². The highest BCUT2D eigenvalue weighted by atomic mass is 16.4. The van der Waals surface area contributed by atoms with Crippen LogP contribution in [-0.2, 0) is 19.5 Å². The van der Waals surface area contributed by atoms with Gasteiger partial charge in [-0.25, -0.2) is 4.79 Å². The molecule has 0 fully saturated rings. The van der Waals surface area contributed by atoms with Crippen LogP contribution in [0.1, 0.15) is 34.2 Å². The van der Waals surface area contributed by atoms with Crippen molar-refractivity contribution >= 4 is 5.97 Å². The number of nitrogens with one attached hydrogen (secondary N) is 1. The topological polar surface area (TPSA) is 75.1 Å². The number of hydrogen-bond acceptors (Lipinski definition) is 4. The number of nitrogens with zero attached hydrogens (tertiary/aromatic N) is 2. The van der Waals surface area contributed by atoms with E-state index in [-0.39, 0.29) is 5.56 Å². The third kappa shape index (κ3) is 3.61. The maximum absolute atomic E-state index is 10.7. The molecule has 0 atom stereocenters. The van der Waals surface area contributed by atoms with E-state index >= 15 is 0 Å². The molecule has 2 heterocycles. The Morgan fingerprint density at radius 2 is 2.10 bits per heavy atom. The molecule has 0 aliphatic rings. The number of hydrogen-bond donors (Lipinski definition) is 2. The predicted molar refractivity (Wildman–Crippen MR) is 75.4 cm³/mol. The third-order valence-corrected chi connectivity index (χ3v) is 3.04. The summed E-state index contributed by atoms with van der Waals surface area (Å²) in [6.07, 6.45) is 4.12. The van der Waals surface area contributed by atoms with Gasteiger partial charge in [-0.15, -0.1) is 0 Å². The van der Waals surface area contributed by atoms with Crippen molar-refractivity contribution in [2.24, 2.45) is 0 Å². The Balaban J connectivity index is 1.91. The van der Waals surface area contributed by atoms with Gasteiger partial charge in [-0.05, 0) is 30.2 Å². The van der Waals surface area contributed by atoms with Crippen molar-refractivity contribution in [3.8, 4) is 0 Å². The monoisotopic (exact) mass is 271 g/mol. The van der Waals surface area contributed by atoms with Crippen LogP contribution in [0, 0.1) is 0 Å². The normalized spacial score (nSPS) is 10.4. The molecule has 0 saturated heterocycles. The molecule has 0 amide bonds. The number of pyridine rings is 2. The van der Waals surface area contributed by atoms with Crippen molar-refractivity contribution in [3.05, 3.63) is 59.2 Å². The second-order valence-corrected chi connectivity index (χ2v) is 4.41. The Kier molecular flexibility index (Phi) is 4.79. The summed E-state index contributed by atoms with van der Waals surface area (Å²) in [4.78, 5) is 19.2. The van der Waals surface area contributed by atoms with Gasteiger partial charge in [-0.3, -0.25) is 9.97 Å². The smallest absolute Gasteiger partial charge is 0.337 e. The Bertz CT molecular complexity index is 582. The largest absolute Gasteiger partial charge is 0.478 e.